The predicted octanol–water partition coefficient (Wildman–Crippen LogP) is 0.920. The van der Waals surface area contributed by atoms with Gasteiger partial charge in [0.15, 0.2) is 0 Å². The lowest BCUT2D eigenvalue weighted by atomic mass is 10.2. The summed E-state index contributed by atoms with van der Waals surface area (Å²) in [6, 6.07) is 5.69. The second-order valence-corrected chi connectivity index (χ2v) is 4.31. The predicted molar refractivity (Wildman–Crippen MR) is 61.5 cm³/mol. The zero-order chi connectivity index (χ0) is 11.5. The third kappa shape index (κ3) is 2.58. The minimum Gasteiger partial charge on any atom is -0.332 e. The maximum Gasteiger partial charge on any atom is 0.239 e. The van der Waals surface area contributed by atoms with E-state index in [1.165, 1.54) is 0 Å². The number of hydrogen-bond donors (Lipinski definition) is 1. The van der Waals surface area contributed by atoms with Gasteiger partial charge in [-0.05, 0) is 31.9 Å². The van der Waals surface area contributed by atoms with Gasteiger partial charge in [-0.2, -0.15) is 0 Å². The van der Waals surface area contributed by atoms with E-state index in [9.17, 15) is 4.79 Å². The summed E-state index contributed by atoms with van der Waals surface area (Å²) in [6.45, 7) is 2.31. The molecule has 86 valence electrons. The molecule has 0 bridgehead atoms. The molecule has 1 saturated carbocycles. The molecule has 1 aromatic rings. The minimum absolute atomic E-state index is 0.0214. The lowest BCUT2D eigenvalue weighted by Gasteiger charge is -2.23. The van der Waals surface area contributed by atoms with E-state index in [2.05, 4.69) is 4.98 Å². The van der Waals surface area contributed by atoms with Gasteiger partial charge >= 0.3 is 0 Å². The highest BCUT2D eigenvalue weighted by Gasteiger charge is 2.33. The van der Waals surface area contributed by atoms with E-state index in [4.69, 9.17) is 5.73 Å². The van der Waals surface area contributed by atoms with Crippen LogP contribution in [0.5, 0.6) is 0 Å². The summed E-state index contributed by atoms with van der Waals surface area (Å²) in [7, 11) is 0. The fourth-order valence-corrected chi connectivity index (χ4v) is 1.70. The lowest BCUT2D eigenvalue weighted by molar-refractivity contribution is -0.133. The van der Waals surface area contributed by atoms with Crippen LogP contribution in [0.25, 0.3) is 0 Å². The summed E-state index contributed by atoms with van der Waals surface area (Å²) >= 11 is 0. The molecule has 0 spiro atoms. The van der Waals surface area contributed by atoms with Crippen LogP contribution in [0, 0.1) is 0 Å². The first-order valence-corrected chi connectivity index (χ1v) is 5.64. The maximum atomic E-state index is 11.9. The van der Waals surface area contributed by atoms with Gasteiger partial charge in [-0.15, -0.1) is 0 Å². The van der Waals surface area contributed by atoms with Crippen LogP contribution in [-0.2, 0) is 11.3 Å². The molecule has 1 aliphatic carbocycles. The number of nitrogens with two attached hydrogens (primary N) is 1. The Labute approximate surface area is 95.5 Å². The van der Waals surface area contributed by atoms with Crippen molar-refractivity contribution in [1.82, 2.24) is 9.88 Å². The van der Waals surface area contributed by atoms with E-state index < -0.39 is 6.04 Å². The van der Waals surface area contributed by atoms with E-state index in [-0.39, 0.29) is 5.91 Å². The molecule has 0 unspecified atom stereocenters. The molecule has 4 nitrogen and oxygen atoms in total. The number of rotatable bonds is 4. The summed E-state index contributed by atoms with van der Waals surface area (Å²) in [5, 5.41) is 0. The van der Waals surface area contributed by atoms with Crippen LogP contribution < -0.4 is 5.73 Å². The molecule has 0 saturated heterocycles. The first-order valence-electron chi connectivity index (χ1n) is 5.64. The topological polar surface area (TPSA) is 59.2 Å². The second kappa shape index (κ2) is 4.61. The smallest absolute Gasteiger partial charge is 0.239 e. The molecule has 0 aromatic carbocycles. The average molecular weight is 219 g/mol. The SMILES string of the molecule is C[C@H](N)C(=O)N(Cc1ccccn1)C1CC1. The van der Waals surface area contributed by atoms with Crippen molar-refractivity contribution in [2.75, 3.05) is 0 Å². The van der Waals surface area contributed by atoms with Crippen molar-refractivity contribution >= 4 is 5.91 Å². The molecule has 0 aliphatic heterocycles. The van der Waals surface area contributed by atoms with E-state index >= 15 is 0 Å². The summed E-state index contributed by atoms with van der Waals surface area (Å²) in [5.74, 6) is 0.0214. The molecule has 1 heterocycles. The van der Waals surface area contributed by atoms with Gasteiger partial charge in [0.05, 0.1) is 18.3 Å². The van der Waals surface area contributed by atoms with Crippen molar-refractivity contribution in [3.63, 3.8) is 0 Å². The molecule has 2 N–H and O–H groups in total. The van der Waals surface area contributed by atoms with E-state index in [0.29, 0.717) is 12.6 Å². The normalized spacial score (nSPS) is 16.9. The number of amides is 1. The summed E-state index contributed by atoms with van der Waals surface area (Å²) in [4.78, 5) is 18.0. The molecular formula is C12H17N3O. The van der Waals surface area contributed by atoms with Crippen molar-refractivity contribution in [2.24, 2.45) is 5.73 Å². The van der Waals surface area contributed by atoms with Crippen LogP contribution in [0.15, 0.2) is 24.4 Å². The van der Waals surface area contributed by atoms with Crippen molar-refractivity contribution in [3.05, 3.63) is 30.1 Å². The zero-order valence-electron chi connectivity index (χ0n) is 9.47. The second-order valence-electron chi connectivity index (χ2n) is 4.31. The molecule has 4 heteroatoms. The number of nitrogens with zero attached hydrogens (tertiary/aromatic N) is 2. The Kier molecular flexibility index (Phi) is 3.19. The average Bonchev–Trinajstić information content (AvgIpc) is 3.10. The van der Waals surface area contributed by atoms with Crippen molar-refractivity contribution < 1.29 is 4.79 Å². The van der Waals surface area contributed by atoms with Gasteiger partial charge in [0.25, 0.3) is 0 Å². The van der Waals surface area contributed by atoms with Crippen LogP contribution in [0.1, 0.15) is 25.5 Å². The zero-order valence-corrected chi connectivity index (χ0v) is 9.47. The van der Waals surface area contributed by atoms with Gasteiger partial charge < -0.3 is 10.6 Å². The quantitative estimate of drug-likeness (QED) is 0.819. The molecule has 1 atom stereocenters. The Morgan fingerprint density at radius 1 is 1.62 bits per heavy atom. The first kappa shape index (κ1) is 11.1. The van der Waals surface area contributed by atoms with Crippen LogP contribution in [0.4, 0.5) is 0 Å². The molecular weight excluding hydrogens is 202 g/mol. The van der Waals surface area contributed by atoms with Gasteiger partial charge in [0, 0.05) is 12.2 Å². The van der Waals surface area contributed by atoms with Gasteiger partial charge in [-0.25, -0.2) is 0 Å². The number of carbonyl (C=O) groups excluding carboxylic acids is 1. The Balaban J connectivity index is 2.06. The third-order valence-electron chi connectivity index (χ3n) is 2.72. The Hall–Kier alpha value is -1.42. The Bertz CT molecular complexity index is 360. The molecule has 1 amide bonds. The van der Waals surface area contributed by atoms with E-state index in [1.807, 2.05) is 23.1 Å². The largest absolute Gasteiger partial charge is 0.332 e. The van der Waals surface area contributed by atoms with Crippen LogP contribution >= 0.6 is 0 Å². The lowest BCUT2D eigenvalue weighted by Crippen LogP contribution is -2.43. The van der Waals surface area contributed by atoms with Gasteiger partial charge in [0.1, 0.15) is 0 Å². The van der Waals surface area contributed by atoms with Gasteiger partial charge in [-0.1, -0.05) is 6.07 Å². The fraction of sp³-hybridized carbons (Fsp3) is 0.500. The van der Waals surface area contributed by atoms with Gasteiger partial charge in [-0.3, -0.25) is 9.78 Å². The van der Waals surface area contributed by atoms with Crippen molar-refractivity contribution in [3.8, 4) is 0 Å². The number of hydrogen-bond acceptors (Lipinski definition) is 3. The minimum atomic E-state index is -0.427. The third-order valence-corrected chi connectivity index (χ3v) is 2.72. The van der Waals surface area contributed by atoms with Crippen LogP contribution in [0.2, 0.25) is 0 Å². The van der Waals surface area contributed by atoms with Crippen molar-refractivity contribution in [2.45, 2.75) is 38.4 Å². The maximum absolute atomic E-state index is 11.9. The Morgan fingerprint density at radius 3 is 2.88 bits per heavy atom. The van der Waals surface area contributed by atoms with E-state index in [1.54, 1.807) is 13.1 Å². The van der Waals surface area contributed by atoms with Crippen LogP contribution in [0.3, 0.4) is 0 Å². The summed E-state index contributed by atoms with van der Waals surface area (Å²) in [5.41, 5.74) is 6.56. The molecule has 2 rings (SSSR count). The highest BCUT2D eigenvalue weighted by Crippen LogP contribution is 2.28. The standard InChI is InChI=1S/C12H17N3O/c1-9(13)12(16)15(11-5-6-11)8-10-4-2-3-7-14-10/h2-4,7,9,11H,5-6,8,13H2,1H3/t9-/m0/s1. The Morgan fingerprint density at radius 2 is 2.38 bits per heavy atom. The van der Waals surface area contributed by atoms with Crippen LogP contribution in [-0.4, -0.2) is 27.9 Å². The molecule has 0 radical (unpaired) electrons. The number of carbonyl (C=O) groups is 1. The van der Waals surface area contributed by atoms with Gasteiger partial charge in [0.2, 0.25) is 5.91 Å². The highest BCUT2D eigenvalue weighted by atomic mass is 16.2. The fourth-order valence-electron chi connectivity index (χ4n) is 1.70. The first-order chi connectivity index (χ1) is 7.68. The monoisotopic (exact) mass is 219 g/mol. The van der Waals surface area contributed by atoms with E-state index in [0.717, 1.165) is 18.5 Å². The molecule has 1 aromatic heterocycles. The van der Waals surface area contributed by atoms with Crippen molar-refractivity contribution in [1.29, 1.82) is 0 Å². The summed E-state index contributed by atoms with van der Waals surface area (Å²) in [6.07, 6.45) is 3.92. The summed E-state index contributed by atoms with van der Waals surface area (Å²) < 4.78 is 0. The highest BCUT2D eigenvalue weighted by molar-refractivity contribution is 5.81. The molecule has 16 heavy (non-hydrogen) atoms. The number of aromatic nitrogens is 1. The molecule has 1 fully saturated rings. The molecule has 1 aliphatic rings. The number of pyridine rings is 1.